The highest BCUT2D eigenvalue weighted by atomic mass is 32.1. The van der Waals surface area contributed by atoms with Gasteiger partial charge in [-0.3, -0.25) is 9.69 Å². The molecule has 6 rings (SSSR count). The number of alkyl halides is 3. The normalized spacial score (nSPS) is 16.5. The topological polar surface area (TPSA) is 104 Å². The van der Waals surface area contributed by atoms with Crippen LogP contribution >= 0.6 is 11.3 Å². The average Bonchev–Trinajstić information content (AvgIpc) is 3.73. The molecular formula is C31H36F3N9O2S. The number of hydrogen-bond acceptors (Lipinski definition) is 10. The lowest BCUT2D eigenvalue weighted by Crippen LogP contribution is -2.44. The summed E-state index contributed by atoms with van der Waals surface area (Å²) in [6, 6.07) is 8.79. The van der Waals surface area contributed by atoms with Gasteiger partial charge in [0.25, 0.3) is 5.91 Å². The number of halogens is 3. The number of rotatable bonds is 9. The molecule has 2 aromatic carbocycles. The Bertz CT molecular complexity index is 1660. The van der Waals surface area contributed by atoms with Gasteiger partial charge in [0.1, 0.15) is 5.69 Å². The van der Waals surface area contributed by atoms with Crippen molar-refractivity contribution in [3.05, 3.63) is 65.5 Å². The van der Waals surface area contributed by atoms with Crippen molar-refractivity contribution in [2.45, 2.75) is 13.1 Å². The number of carbonyl (C=O) groups excluding carboxylic acids is 1. The fourth-order valence-electron chi connectivity index (χ4n) is 5.40. The minimum Gasteiger partial charge on any atom is -0.379 e. The van der Waals surface area contributed by atoms with Crippen molar-refractivity contribution in [2.24, 2.45) is 0 Å². The van der Waals surface area contributed by atoms with Crippen molar-refractivity contribution < 1.29 is 22.7 Å². The number of ether oxygens (including phenoxy) is 1. The number of hydrogen-bond donors (Lipinski definition) is 2. The molecule has 0 aliphatic carbocycles. The minimum absolute atomic E-state index is 0.0616. The van der Waals surface area contributed by atoms with Gasteiger partial charge in [0.2, 0.25) is 0 Å². The van der Waals surface area contributed by atoms with E-state index in [1.54, 1.807) is 29.2 Å². The smallest absolute Gasteiger partial charge is 0.379 e. The number of amides is 1. The van der Waals surface area contributed by atoms with Crippen LogP contribution in [-0.4, -0.2) is 108 Å². The SMILES string of the molecule is Cc1ccc(NC(=O)c2cc(N3CCN(C)CC3)cc(C(F)(F)F)c2)cc1-n1cc(-c2cnc(NCCN3CCOCC3)s2)nn1. The van der Waals surface area contributed by atoms with Gasteiger partial charge in [0.15, 0.2) is 5.13 Å². The molecule has 4 heterocycles. The number of likely N-dealkylation sites (N-methyl/N-ethyl adjacent to an activating group) is 1. The lowest BCUT2D eigenvalue weighted by molar-refractivity contribution is -0.137. The van der Waals surface area contributed by atoms with Crippen molar-refractivity contribution in [1.29, 1.82) is 0 Å². The van der Waals surface area contributed by atoms with Crippen LogP contribution in [0.1, 0.15) is 21.5 Å². The van der Waals surface area contributed by atoms with Crippen LogP contribution in [-0.2, 0) is 10.9 Å². The van der Waals surface area contributed by atoms with Gasteiger partial charge < -0.3 is 25.2 Å². The highest BCUT2D eigenvalue weighted by molar-refractivity contribution is 7.18. The molecule has 0 spiro atoms. The van der Waals surface area contributed by atoms with Gasteiger partial charge in [-0.25, -0.2) is 9.67 Å². The first kappa shape index (κ1) is 31.9. The summed E-state index contributed by atoms with van der Waals surface area (Å²) in [7, 11) is 1.97. The zero-order valence-corrected chi connectivity index (χ0v) is 26.5. The van der Waals surface area contributed by atoms with E-state index >= 15 is 0 Å². The van der Waals surface area contributed by atoms with Crippen LogP contribution in [0.5, 0.6) is 0 Å². The highest BCUT2D eigenvalue weighted by Gasteiger charge is 2.33. The van der Waals surface area contributed by atoms with Gasteiger partial charge in [-0.15, -0.1) is 5.10 Å². The van der Waals surface area contributed by atoms with Crippen molar-refractivity contribution in [1.82, 2.24) is 29.8 Å². The lowest BCUT2D eigenvalue weighted by Gasteiger charge is -2.34. The molecule has 2 N–H and O–H groups in total. The number of morpholine rings is 1. The predicted molar refractivity (Wildman–Crippen MR) is 172 cm³/mol. The van der Waals surface area contributed by atoms with Gasteiger partial charge in [-0.1, -0.05) is 22.6 Å². The van der Waals surface area contributed by atoms with Crippen LogP contribution in [0.4, 0.5) is 29.7 Å². The van der Waals surface area contributed by atoms with Crippen LogP contribution in [0.2, 0.25) is 0 Å². The second-order valence-corrected chi connectivity index (χ2v) is 12.5. The molecule has 0 radical (unpaired) electrons. The van der Waals surface area contributed by atoms with Gasteiger partial charge in [-0.2, -0.15) is 13.2 Å². The van der Waals surface area contributed by atoms with E-state index in [1.807, 2.05) is 24.9 Å². The molecule has 2 aliphatic rings. The summed E-state index contributed by atoms with van der Waals surface area (Å²) in [5.41, 5.74) is 2.08. The molecule has 0 atom stereocenters. The summed E-state index contributed by atoms with van der Waals surface area (Å²) in [5, 5.41) is 15.6. The second kappa shape index (κ2) is 13.7. The number of aryl methyl sites for hydroxylation is 1. The Morgan fingerprint density at radius 2 is 1.83 bits per heavy atom. The maximum Gasteiger partial charge on any atom is 0.416 e. The number of aromatic nitrogens is 4. The van der Waals surface area contributed by atoms with Crippen LogP contribution in [0.3, 0.4) is 0 Å². The van der Waals surface area contributed by atoms with E-state index in [0.29, 0.717) is 35.8 Å². The maximum absolute atomic E-state index is 13.8. The third kappa shape index (κ3) is 7.66. The summed E-state index contributed by atoms with van der Waals surface area (Å²) in [6.07, 6.45) is -1.05. The van der Waals surface area contributed by atoms with E-state index < -0.39 is 17.6 Å². The monoisotopic (exact) mass is 655 g/mol. The first-order chi connectivity index (χ1) is 22.1. The Morgan fingerprint density at radius 3 is 2.59 bits per heavy atom. The second-order valence-electron chi connectivity index (χ2n) is 11.5. The molecule has 0 saturated carbocycles. The molecule has 2 saturated heterocycles. The number of piperazine rings is 1. The quantitative estimate of drug-likeness (QED) is 0.271. The Morgan fingerprint density at radius 1 is 1.04 bits per heavy atom. The highest BCUT2D eigenvalue weighted by Crippen LogP contribution is 2.34. The van der Waals surface area contributed by atoms with Crippen LogP contribution < -0.4 is 15.5 Å². The Labute approximate surface area is 269 Å². The Hall–Kier alpha value is -4.05. The molecule has 46 heavy (non-hydrogen) atoms. The van der Waals surface area contributed by atoms with Crippen molar-refractivity contribution in [3.8, 4) is 16.3 Å². The lowest BCUT2D eigenvalue weighted by atomic mass is 10.1. The third-order valence-corrected chi connectivity index (χ3v) is 9.13. The summed E-state index contributed by atoms with van der Waals surface area (Å²) in [6.45, 7) is 9.58. The number of nitrogens with one attached hydrogen (secondary N) is 2. The molecule has 1 amide bonds. The largest absolute Gasteiger partial charge is 0.416 e. The number of thiazole rings is 1. The van der Waals surface area contributed by atoms with Crippen LogP contribution in [0.25, 0.3) is 16.3 Å². The first-order valence-electron chi connectivity index (χ1n) is 15.1. The molecule has 11 nitrogen and oxygen atoms in total. The Balaban J connectivity index is 1.15. The number of anilines is 3. The van der Waals surface area contributed by atoms with Crippen LogP contribution in [0, 0.1) is 6.92 Å². The van der Waals surface area contributed by atoms with Crippen LogP contribution in [0.15, 0.2) is 48.8 Å². The molecule has 4 aromatic rings. The predicted octanol–water partition coefficient (Wildman–Crippen LogP) is 4.47. The fourth-order valence-corrected chi connectivity index (χ4v) is 6.20. The van der Waals surface area contributed by atoms with Gasteiger partial charge in [-0.05, 0) is 49.9 Å². The molecule has 2 fully saturated rings. The molecular weight excluding hydrogens is 619 g/mol. The summed E-state index contributed by atoms with van der Waals surface area (Å²) >= 11 is 1.48. The summed E-state index contributed by atoms with van der Waals surface area (Å²) in [5.74, 6) is -0.631. The molecule has 0 unspecified atom stereocenters. The first-order valence-corrected chi connectivity index (χ1v) is 15.9. The molecule has 0 bridgehead atoms. The van der Waals surface area contributed by atoms with Crippen molar-refractivity contribution in [3.63, 3.8) is 0 Å². The molecule has 244 valence electrons. The van der Waals surface area contributed by atoms with E-state index in [1.165, 1.54) is 17.4 Å². The molecule has 15 heteroatoms. The van der Waals surface area contributed by atoms with Gasteiger partial charge in [0, 0.05) is 75.5 Å². The van der Waals surface area contributed by atoms with Gasteiger partial charge in [0.05, 0.1) is 35.5 Å². The zero-order chi connectivity index (χ0) is 32.3. The van der Waals surface area contributed by atoms with Crippen molar-refractivity contribution in [2.75, 3.05) is 88.2 Å². The van der Waals surface area contributed by atoms with E-state index in [9.17, 15) is 18.0 Å². The minimum atomic E-state index is -4.59. The zero-order valence-electron chi connectivity index (χ0n) is 25.7. The molecule has 2 aliphatic heterocycles. The third-order valence-electron chi connectivity index (χ3n) is 8.15. The maximum atomic E-state index is 13.8. The number of carbonyl (C=O) groups is 1. The van der Waals surface area contributed by atoms with Gasteiger partial charge >= 0.3 is 6.18 Å². The standard InChI is InChI=1S/C31H36F3N9O2S/c1-21-3-4-24(37-29(44)22-15-23(31(32,33)34)17-25(16-22)42-9-7-40(2)8-10-42)18-27(21)43-20-26(38-39-43)28-19-36-30(46-28)35-5-6-41-11-13-45-14-12-41/h3-4,15-20H,5-14H2,1-2H3,(H,35,36)(H,37,44). The van der Waals surface area contributed by atoms with E-state index in [4.69, 9.17) is 4.74 Å². The number of benzene rings is 2. The van der Waals surface area contributed by atoms with E-state index in [0.717, 1.165) is 80.2 Å². The number of nitrogens with zero attached hydrogens (tertiary/aromatic N) is 7. The molecule has 2 aromatic heterocycles. The Kier molecular flexibility index (Phi) is 9.54. The summed E-state index contributed by atoms with van der Waals surface area (Å²) in [4.78, 5) is 25.0. The van der Waals surface area contributed by atoms with E-state index in [2.05, 4.69) is 35.7 Å². The summed E-state index contributed by atoms with van der Waals surface area (Å²) < 4.78 is 48.5. The fraction of sp³-hybridized carbons (Fsp3) is 0.419. The van der Waals surface area contributed by atoms with E-state index in [-0.39, 0.29) is 5.56 Å². The average molecular weight is 656 g/mol. The van der Waals surface area contributed by atoms with Crippen molar-refractivity contribution >= 4 is 33.8 Å².